The summed E-state index contributed by atoms with van der Waals surface area (Å²) in [4.78, 5) is 8.09. The Morgan fingerprint density at radius 3 is 2.86 bits per heavy atom. The van der Waals surface area contributed by atoms with Crippen LogP contribution < -0.4 is 11.3 Å². The predicted octanol–water partition coefficient (Wildman–Crippen LogP) is 1.42. The standard InChI is InChI=1S/C10H18N4/c1-3-4-8(2)10(14-11)9-5-6-12-7-13-9/h5-8,10,14H,3-4,11H2,1-2H3. The maximum absolute atomic E-state index is 5.53. The molecule has 3 N–H and O–H groups in total. The Morgan fingerprint density at radius 1 is 1.57 bits per heavy atom. The largest absolute Gasteiger partial charge is 0.271 e. The zero-order valence-corrected chi connectivity index (χ0v) is 8.77. The van der Waals surface area contributed by atoms with Crippen molar-refractivity contribution in [1.29, 1.82) is 0 Å². The fourth-order valence-electron chi connectivity index (χ4n) is 1.65. The van der Waals surface area contributed by atoms with Crippen LogP contribution in [-0.4, -0.2) is 9.97 Å². The molecule has 78 valence electrons. The van der Waals surface area contributed by atoms with Crippen molar-refractivity contribution in [2.24, 2.45) is 11.8 Å². The fraction of sp³-hybridized carbons (Fsp3) is 0.600. The first-order valence-electron chi connectivity index (χ1n) is 5.01. The molecule has 1 aromatic heterocycles. The zero-order valence-electron chi connectivity index (χ0n) is 8.77. The summed E-state index contributed by atoms with van der Waals surface area (Å²) in [7, 11) is 0. The number of nitrogens with one attached hydrogen (secondary N) is 1. The third kappa shape index (κ3) is 2.75. The molecular formula is C10H18N4. The van der Waals surface area contributed by atoms with Gasteiger partial charge in [0.1, 0.15) is 6.33 Å². The van der Waals surface area contributed by atoms with Gasteiger partial charge in [-0.1, -0.05) is 20.3 Å². The van der Waals surface area contributed by atoms with Crippen molar-refractivity contribution in [3.63, 3.8) is 0 Å². The van der Waals surface area contributed by atoms with Gasteiger partial charge in [0.05, 0.1) is 11.7 Å². The number of nitrogens with zero attached hydrogens (tertiary/aromatic N) is 2. The van der Waals surface area contributed by atoms with Gasteiger partial charge in [-0.25, -0.2) is 9.97 Å². The summed E-state index contributed by atoms with van der Waals surface area (Å²) in [6, 6.07) is 2.02. The SMILES string of the molecule is CCCC(C)C(NN)c1ccncn1. The molecule has 1 rings (SSSR count). The molecule has 4 nitrogen and oxygen atoms in total. The van der Waals surface area contributed by atoms with Crippen LogP contribution in [0.2, 0.25) is 0 Å². The van der Waals surface area contributed by atoms with Crippen LogP contribution >= 0.6 is 0 Å². The maximum atomic E-state index is 5.53. The Bertz CT molecular complexity index is 250. The Balaban J connectivity index is 2.71. The third-order valence-electron chi connectivity index (χ3n) is 2.42. The summed E-state index contributed by atoms with van der Waals surface area (Å²) in [5.74, 6) is 6.01. The van der Waals surface area contributed by atoms with E-state index in [1.54, 1.807) is 12.5 Å². The van der Waals surface area contributed by atoms with Crippen molar-refractivity contribution in [3.05, 3.63) is 24.3 Å². The summed E-state index contributed by atoms with van der Waals surface area (Å²) in [6.45, 7) is 4.35. The van der Waals surface area contributed by atoms with Gasteiger partial charge in [0.15, 0.2) is 0 Å². The zero-order chi connectivity index (χ0) is 10.4. The van der Waals surface area contributed by atoms with Crippen LogP contribution in [0.3, 0.4) is 0 Å². The highest BCUT2D eigenvalue weighted by molar-refractivity contribution is 5.05. The molecule has 0 saturated heterocycles. The van der Waals surface area contributed by atoms with E-state index in [4.69, 9.17) is 5.84 Å². The van der Waals surface area contributed by atoms with Gasteiger partial charge < -0.3 is 0 Å². The molecular weight excluding hydrogens is 176 g/mol. The molecule has 0 bridgehead atoms. The van der Waals surface area contributed by atoms with E-state index >= 15 is 0 Å². The molecule has 0 saturated carbocycles. The van der Waals surface area contributed by atoms with E-state index in [1.165, 1.54) is 0 Å². The van der Waals surface area contributed by atoms with Crippen molar-refractivity contribution < 1.29 is 0 Å². The average molecular weight is 194 g/mol. The third-order valence-corrected chi connectivity index (χ3v) is 2.42. The van der Waals surface area contributed by atoms with Gasteiger partial charge in [0, 0.05) is 6.20 Å². The van der Waals surface area contributed by atoms with Crippen LogP contribution in [0.15, 0.2) is 18.6 Å². The van der Waals surface area contributed by atoms with Crippen LogP contribution in [0.5, 0.6) is 0 Å². The minimum atomic E-state index is 0.123. The van der Waals surface area contributed by atoms with E-state index in [-0.39, 0.29) is 6.04 Å². The van der Waals surface area contributed by atoms with Crippen molar-refractivity contribution in [1.82, 2.24) is 15.4 Å². The molecule has 0 spiro atoms. The van der Waals surface area contributed by atoms with Gasteiger partial charge in [0.25, 0.3) is 0 Å². The lowest BCUT2D eigenvalue weighted by Gasteiger charge is -2.21. The highest BCUT2D eigenvalue weighted by atomic mass is 15.2. The normalized spacial score (nSPS) is 15.1. The van der Waals surface area contributed by atoms with Crippen LogP contribution in [0.4, 0.5) is 0 Å². The lowest BCUT2D eigenvalue weighted by Crippen LogP contribution is -2.33. The second kappa shape index (κ2) is 5.67. The number of hydrazine groups is 1. The number of hydrogen-bond donors (Lipinski definition) is 2. The molecule has 0 aromatic carbocycles. The fourth-order valence-corrected chi connectivity index (χ4v) is 1.65. The topological polar surface area (TPSA) is 63.8 Å². The van der Waals surface area contributed by atoms with Crippen molar-refractivity contribution in [2.45, 2.75) is 32.7 Å². The lowest BCUT2D eigenvalue weighted by atomic mass is 9.95. The smallest absolute Gasteiger partial charge is 0.115 e. The Morgan fingerprint density at radius 2 is 2.36 bits per heavy atom. The predicted molar refractivity (Wildman–Crippen MR) is 56.2 cm³/mol. The van der Waals surface area contributed by atoms with Crippen LogP contribution in [-0.2, 0) is 0 Å². The Hall–Kier alpha value is -1.00. The second-order valence-corrected chi connectivity index (χ2v) is 3.54. The van der Waals surface area contributed by atoms with Crippen LogP contribution in [0.25, 0.3) is 0 Å². The minimum Gasteiger partial charge on any atom is -0.271 e. The Kier molecular flexibility index (Phi) is 4.49. The van der Waals surface area contributed by atoms with Crippen LogP contribution in [0, 0.1) is 5.92 Å². The van der Waals surface area contributed by atoms with Gasteiger partial charge in [-0.2, -0.15) is 0 Å². The van der Waals surface area contributed by atoms with Crippen molar-refractivity contribution in [3.8, 4) is 0 Å². The molecule has 0 fully saturated rings. The number of rotatable bonds is 5. The first-order chi connectivity index (χ1) is 6.79. The van der Waals surface area contributed by atoms with Crippen molar-refractivity contribution >= 4 is 0 Å². The molecule has 2 atom stereocenters. The molecule has 0 amide bonds. The molecule has 0 aliphatic rings. The van der Waals surface area contributed by atoms with E-state index in [0.29, 0.717) is 5.92 Å². The van der Waals surface area contributed by atoms with E-state index in [2.05, 4.69) is 29.2 Å². The van der Waals surface area contributed by atoms with E-state index in [0.717, 1.165) is 18.5 Å². The minimum absolute atomic E-state index is 0.123. The van der Waals surface area contributed by atoms with E-state index in [1.807, 2.05) is 6.07 Å². The molecule has 0 aliphatic heterocycles. The van der Waals surface area contributed by atoms with E-state index < -0.39 is 0 Å². The number of nitrogens with two attached hydrogens (primary N) is 1. The van der Waals surface area contributed by atoms with Crippen molar-refractivity contribution in [2.75, 3.05) is 0 Å². The molecule has 0 radical (unpaired) electrons. The van der Waals surface area contributed by atoms with Gasteiger partial charge in [-0.05, 0) is 18.4 Å². The summed E-state index contributed by atoms with van der Waals surface area (Å²) in [5, 5.41) is 0. The van der Waals surface area contributed by atoms with Crippen LogP contribution in [0.1, 0.15) is 38.4 Å². The highest BCUT2D eigenvalue weighted by Crippen LogP contribution is 2.22. The van der Waals surface area contributed by atoms with E-state index in [9.17, 15) is 0 Å². The average Bonchev–Trinajstić information content (AvgIpc) is 2.21. The molecule has 14 heavy (non-hydrogen) atoms. The first kappa shape index (κ1) is 11.1. The quantitative estimate of drug-likeness (QED) is 0.549. The molecule has 1 heterocycles. The second-order valence-electron chi connectivity index (χ2n) is 3.54. The first-order valence-corrected chi connectivity index (χ1v) is 5.01. The molecule has 4 heteroatoms. The summed E-state index contributed by atoms with van der Waals surface area (Å²) >= 11 is 0. The Labute approximate surface area is 84.9 Å². The lowest BCUT2D eigenvalue weighted by molar-refractivity contribution is 0.361. The molecule has 0 aliphatic carbocycles. The molecule has 1 aromatic rings. The highest BCUT2D eigenvalue weighted by Gasteiger charge is 2.17. The number of aromatic nitrogens is 2. The number of hydrogen-bond acceptors (Lipinski definition) is 4. The summed E-state index contributed by atoms with van der Waals surface area (Å²) in [5.41, 5.74) is 3.77. The van der Waals surface area contributed by atoms with Gasteiger partial charge >= 0.3 is 0 Å². The maximum Gasteiger partial charge on any atom is 0.115 e. The molecule has 2 unspecified atom stereocenters. The monoisotopic (exact) mass is 194 g/mol. The van der Waals surface area contributed by atoms with Gasteiger partial charge in [-0.3, -0.25) is 11.3 Å². The van der Waals surface area contributed by atoms with Gasteiger partial charge in [0.2, 0.25) is 0 Å². The summed E-state index contributed by atoms with van der Waals surface area (Å²) in [6.07, 6.45) is 5.59. The van der Waals surface area contributed by atoms with Gasteiger partial charge in [-0.15, -0.1) is 0 Å². The summed E-state index contributed by atoms with van der Waals surface area (Å²) < 4.78 is 0.